The van der Waals surface area contributed by atoms with E-state index in [4.69, 9.17) is 11.6 Å². The lowest BCUT2D eigenvalue weighted by atomic mass is 10.2. The molecule has 0 aliphatic rings. The van der Waals surface area contributed by atoms with Crippen molar-refractivity contribution in [1.82, 2.24) is 0 Å². The van der Waals surface area contributed by atoms with Gasteiger partial charge in [-0.05, 0) is 19.1 Å². The van der Waals surface area contributed by atoms with E-state index in [1.54, 1.807) is 6.92 Å². The fourth-order valence-corrected chi connectivity index (χ4v) is 1.21. The minimum absolute atomic E-state index is 0.00250. The Bertz CT molecular complexity index is 435. The lowest BCUT2D eigenvalue weighted by molar-refractivity contribution is -0.383. The van der Waals surface area contributed by atoms with Gasteiger partial charge in [0.25, 0.3) is 5.69 Å². The molecular weight excluding hydrogens is 216 g/mol. The Hall–Kier alpha value is -1.73. The first kappa shape index (κ1) is 11.3. The van der Waals surface area contributed by atoms with Crippen LogP contribution in [0.5, 0.6) is 0 Å². The molecule has 0 saturated carbocycles. The van der Waals surface area contributed by atoms with Gasteiger partial charge < -0.3 is 5.32 Å². The number of hydrogen-bond donors (Lipinski definition) is 1. The summed E-state index contributed by atoms with van der Waals surface area (Å²) in [7, 11) is 0. The summed E-state index contributed by atoms with van der Waals surface area (Å²) in [5.74, 6) is 5.44. The van der Waals surface area contributed by atoms with Gasteiger partial charge in [0, 0.05) is 11.1 Å². The third-order valence-corrected chi connectivity index (χ3v) is 1.93. The van der Waals surface area contributed by atoms with Crippen molar-refractivity contribution in [2.45, 2.75) is 6.92 Å². The number of halogens is 1. The van der Waals surface area contributed by atoms with E-state index in [0.29, 0.717) is 17.3 Å². The average Bonchev–Trinajstić information content (AvgIpc) is 2.18. The van der Waals surface area contributed by atoms with Gasteiger partial charge in [0.15, 0.2) is 0 Å². The van der Waals surface area contributed by atoms with Crippen LogP contribution in [0.2, 0.25) is 5.02 Å². The zero-order valence-corrected chi connectivity index (χ0v) is 8.84. The largest absolute Gasteiger partial charge is 0.369 e. The van der Waals surface area contributed by atoms with E-state index in [-0.39, 0.29) is 5.69 Å². The predicted molar refractivity (Wildman–Crippen MR) is 60.0 cm³/mol. The van der Waals surface area contributed by atoms with Crippen LogP contribution in [0.15, 0.2) is 18.2 Å². The van der Waals surface area contributed by atoms with Gasteiger partial charge in [-0.15, -0.1) is 5.92 Å². The van der Waals surface area contributed by atoms with Gasteiger partial charge in [-0.1, -0.05) is 17.5 Å². The summed E-state index contributed by atoms with van der Waals surface area (Å²) in [6.45, 7) is 2.06. The molecule has 0 aromatic heterocycles. The Labute approximate surface area is 92.4 Å². The minimum atomic E-state index is -0.460. The van der Waals surface area contributed by atoms with Gasteiger partial charge in [0.2, 0.25) is 0 Å². The molecule has 1 N–H and O–H groups in total. The summed E-state index contributed by atoms with van der Waals surface area (Å²) >= 11 is 5.74. The van der Waals surface area contributed by atoms with E-state index in [2.05, 4.69) is 17.2 Å². The highest BCUT2D eigenvalue weighted by Crippen LogP contribution is 2.27. The highest BCUT2D eigenvalue weighted by molar-refractivity contribution is 6.31. The van der Waals surface area contributed by atoms with Crippen LogP contribution in [0.4, 0.5) is 11.4 Å². The van der Waals surface area contributed by atoms with Crippen LogP contribution >= 0.6 is 11.6 Å². The topological polar surface area (TPSA) is 55.2 Å². The third kappa shape index (κ3) is 3.15. The van der Waals surface area contributed by atoms with E-state index in [1.165, 1.54) is 18.2 Å². The summed E-state index contributed by atoms with van der Waals surface area (Å²) in [6.07, 6.45) is 0. The van der Waals surface area contributed by atoms with Crippen LogP contribution in [0.25, 0.3) is 0 Å². The van der Waals surface area contributed by atoms with E-state index in [1.807, 2.05) is 0 Å². The molecule has 5 heteroatoms. The quantitative estimate of drug-likeness (QED) is 0.488. The van der Waals surface area contributed by atoms with Crippen molar-refractivity contribution in [3.8, 4) is 11.8 Å². The van der Waals surface area contributed by atoms with Crippen molar-refractivity contribution in [3.63, 3.8) is 0 Å². The van der Waals surface area contributed by atoms with Gasteiger partial charge in [-0.3, -0.25) is 10.1 Å². The van der Waals surface area contributed by atoms with E-state index < -0.39 is 4.92 Å². The maximum absolute atomic E-state index is 10.7. The van der Waals surface area contributed by atoms with Crippen molar-refractivity contribution in [2.24, 2.45) is 0 Å². The second-order valence-electron chi connectivity index (χ2n) is 2.70. The Kier molecular flexibility index (Phi) is 3.95. The molecule has 0 saturated heterocycles. The number of benzene rings is 1. The number of nitro benzene ring substituents is 1. The number of hydrogen-bond acceptors (Lipinski definition) is 3. The van der Waals surface area contributed by atoms with Crippen molar-refractivity contribution >= 4 is 23.0 Å². The van der Waals surface area contributed by atoms with E-state index in [0.717, 1.165) is 0 Å². The molecule has 78 valence electrons. The zero-order valence-electron chi connectivity index (χ0n) is 8.08. The SMILES string of the molecule is CC#CCNc1cc(Cl)ccc1[N+](=O)[O-]. The smallest absolute Gasteiger partial charge is 0.292 e. The molecule has 0 bridgehead atoms. The van der Waals surface area contributed by atoms with Gasteiger partial charge in [-0.2, -0.15) is 0 Å². The van der Waals surface area contributed by atoms with Crippen molar-refractivity contribution in [3.05, 3.63) is 33.3 Å². The Balaban J connectivity index is 2.95. The van der Waals surface area contributed by atoms with Gasteiger partial charge in [0.1, 0.15) is 5.69 Å². The molecule has 0 unspecified atom stereocenters. The normalized spacial score (nSPS) is 8.93. The molecule has 1 aromatic rings. The molecule has 0 spiro atoms. The molecule has 0 radical (unpaired) electrons. The van der Waals surface area contributed by atoms with Crippen LogP contribution in [0.1, 0.15) is 6.92 Å². The lowest BCUT2D eigenvalue weighted by Gasteiger charge is -2.03. The molecule has 0 aliphatic carbocycles. The summed E-state index contributed by atoms with van der Waals surface area (Å²) in [6, 6.07) is 4.36. The summed E-state index contributed by atoms with van der Waals surface area (Å²) in [4.78, 5) is 10.2. The maximum atomic E-state index is 10.7. The second kappa shape index (κ2) is 5.23. The standard InChI is InChI=1S/C10H9ClN2O2/c1-2-3-6-12-9-7-8(11)4-5-10(9)13(14)15/h4-5,7,12H,6H2,1H3. The van der Waals surface area contributed by atoms with E-state index in [9.17, 15) is 10.1 Å². The zero-order chi connectivity index (χ0) is 11.3. The van der Waals surface area contributed by atoms with Crippen LogP contribution in [0, 0.1) is 22.0 Å². The fourth-order valence-electron chi connectivity index (χ4n) is 1.04. The second-order valence-corrected chi connectivity index (χ2v) is 3.14. The molecule has 1 aromatic carbocycles. The van der Waals surface area contributed by atoms with Crippen LogP contribution in [-0.4, -0.2) is 11.5 Å². The Morgan fingerprint density at radius 3 is 2.93 bits per heavy atom. The molecule has 15 heavy (non-hydrogen) atoms. The summed E-state index contributed by atoms with van der Waals surface area (Å²) in [5, 5.41) is 13.9. The van der Waals surface area contributed by atoms with Crippen molar-refractivity contribution in [2.75, 3.05) is 11.9 Å². The van der Waals surface area contributed by atoms with Gasteiger partial charge >= 0.3 is 0 Å². The monoisotopic (exact) mass is 224 g/mol. The Morgan fingerprint density at radius 2 is 2.33 bits per heavy atom. The number of nitro groups is 1. The van der Waals surface area contributed by atoms with Crippen LogP contribution in [0.3, 0.4) is 0 Å². The van der Waals surface area contributed by atoms with Crippen molar-refractivity contribution in [1.29, 1.82) is 0 Å². The molecule has 0 atom stereocenters. The number of nitrogens with zero attached hydrogens (tertiary/aromatic N) is 1. The number of anilines is 1. The average molecular weight is 225 g/mol. The van der Waals surface area contributed by atoms with Crippen LogP contribution in [-0.2, 0) is 0 Å². The molecule has 0 fully saturated rings. The molecule has 0 aliphatic heterocycles. The molecular formula is C10H9ClN2O2. The van der Waals surface area contributed by atoms with Gasteiger partial charge in [0.05, 0.1) is 11.5 Å². The summed E-state index contributed by atoms with van der Waals surface area (Å²) in [5.41, 5.74) is 0.382. The molecule has 4 nitrogen and oxygen atoms in total. The lowest BCUT2D eigenvalue weighted by Crippen LogP contribution is -2.02. The molecule has 0 amide bonds. The third-order valence-electron chi connectivity index (χ3n) is 1.70. The Morgan fingerprint density at radius 1 is 1.60 bits per heavy atom. The number of rotatable bonds is 3. The highest BCUT2D eigenvalue weighted by Gasteiger charge is 2.12. The first-order valence-electron chi connectivity index (χ1n) is 4.22. The highest BCUT2D eigenvalue weighted by atomic mass is 35.5. The first-order valence-corrected chi connectivity index (χ1v) is 4.60. The number of nitrogens with one attached hydrogen (secondary N) is 1. The maximum Gasteiger partial charge on any atom is 0.292 e. The van der Waals surface area contributed by atoms with Gasteiger partial charge in [-0.25, -0.2) is 0 Å². The molecule has 0 heterocycles. The fraction of sp³-hybridized carbons (Fsp3) is 0.200. The first-order chi connectivity index (χ1) is 7.15. The predicted octanol–water partition coefficient (Wildman–Crippen LogP) is 2.68. The van der Waals surface area contributed by atoms with Crippen molar-refractivity contribution < 1.29 is 4.92 Å². The molecule has 1 rings (SSSR count). The minimum Gasteiger partial charge on any atom is -0.369 e. The van der Waals surface area contributed by atoms with Crippen LogP contribution < -0.4 is 5.32 Å². The van der Waals surface area contributed by atoms with E-state index >= 15 is 0 Å². The summed E-state index contributed by atoms with van der Waals surface area (Å²) < 4.78 is 0.